The monoisotopic (exact) mass is 237 g/mol. The molecule has 0 saturated heterocycles. The highest BCUT2D eigenvalue weighted by atomic mass is 32.2. The summed E-state index contributed by atoms with van der Waals surface area (Å²) < 4.78 is 29.9. The minimum Gasteiger partial charge on any atom is -0.395 e. The van der Waals surface area contributed by atoms with Crippen molar-refractivity contribution in [1.82, 2.24) is 4.31 Å². The maximum absolute atomic E-state index is 11.8. The predicted molar refractivity (Wildman–Crippen MR) is 57.1 cm³/mol. The Bertz CT molecular complexity index is 274. The summed E-state index contributed by atoms with van der Waals surface area (Å²) in [7, 11) is -1.78. The van der Waals surface area contributed by atoms with Crippen molar-refractivity contribution >= 4 is 10.0 Å². The fraction of sp³-hybridized carbons (Fsp3) is 1.00. The zero-order valence-electron chi connectivity index (χ0n) is 9.05. The molecule has 0 aromatic carbocycles. The minimum atomic E-state index is -3.26. The Morgan fingerprint density at radius 2 is 2.13 bits per heavy atom. The number of hydrogen-bond acceptors (Lipinski definition) is 4. The van der Waals surface area contributed by atoms with Gasteiger partial charge in [-0.25, -0.2) is 8.42 Å². The maximum Gasteiger partial charge on any atom is 0.216 e. The summed E-state index contributed by atoms with van der Waals surface area (Å²) >= 11 is 0. The van der Waals surface area contributed by atoms with E-state index in [1.807, 2.05) is 0 Å². The quantitative estimate of drug-likeness (QED) is 0.666. The molecule has 0 radical (unpaired) electrons. The minimum absolute atomic E-state index is 0. The van der Waals surface area contributed by atoms with E-state index in [-0.39, 0.29) is 31.6 Å². The molecule has 90 valence electrons. The maximum atomic E-state index is 11.8. The molecule has 1 saturated carbocycles. The number of methoxy groups -OCH3 is 1. The largest absolute Gasteiger partial charge is 0.395 e. The van der Waals surface area contributed by atoms with E-state index in [4.69, 9.17) is 9.84 Å². The van der Waals surface area contributed by atoms with Gasteiger partial charge in [-0.15, -0.1) is 0 Å². The second-order valence-electron chi connectivity index (χ2n) is 3.73. The summed E-state index contributed by atoms with van der Waals surface area (Å²) in [6.07, 6.45) is 2.89. The lowest BCUT2D eigenvalue weighted by atomic mass is 9.93. The van der Waals surface area contributed by atoms with Gasteiger partial charge in [0.05, 0.1) is 19.0 Å². The van der Waals surface area contributed by atoms with E-state index in [0.29, 0.717) is 0 Å². The van der Waals surface area contributed by atoms with Crippen molar-refractivity contribution in [3.05, 3.63) is 0 Å². The number of aliphatic hydroxyl groups is 1. The molecule has 5 nitrogen and oxygen atoms in total. The third-order valence-corrected chi connectivity index (χ3v) is 4.58. The Morgan fingerprint density at radius 1 is 1.47 bits per heavy atom. The third-order valence-electron chi connectivity index (χ3n) is 2.71. The molecular weight excluding hydrogens is 218 g/mol. The smallest absolute Gasteiger partial charge is 0.216 e. The topological polar surface area (TPSA) is 66.8 Å². The summed E-state index contributed by atoms with van der Waals surface area (Å²) in [6, 6.07) is 0.0963. The molecular formula is C9H19NO4S. The third kappa shape index (κ3) is 3.41. The number of rotatable bonds is 7. The van der Waals surface area contributed by atoms with Crippen LogP contribution in [0.2, 0.25) is 0 Å². The summed E-state index contributed by atoms with van der Waals surface area (Å²) in [5.41, 5.74) is 0. The van der Waals surface area contributed by atoms with Gasteiger partial charge >= 0.3 is 0 Å². The van der Waals surface area contributed by atoms with Crippen molar-refractivity contribution < 1.29 is 18.3 Å². The average molecular weight is 237 g/mol. The van der Waals surface area contributed by atoms with Crippen LogP contribution in [-0.4, -0.2) is 56.5 Å². The molecule has 0 aliphatic heterocycles. The zero-order valence-corrected chi connectivity index (χ0v) is 9.87. The Labute approximate surface area is 91.1 Å². The molecule has 0 heterocycles. The van der Waals surface area contributed by atoms with Crippen LogP contribution in [0.4, 0.5) is 0 Å². The van der Waals surface area contributed by atoms with Gasteiger partial charge in [0.25, 0.3) is 0 Å². The molecule has 0 aromatic rings. The van der Waals surface area contributed by atoms with Gasteiger partial charge in [0.1, 0.15) is 0 Å². The summed E-state index contributed by atoms with van der Waals surface area (Å²) in [5.74, 6) is 0. The van der Waals surface area contributed by atoms with E-state index in [1.165, 1.54) is 11.4 Å². The molecule has 1 fully saturated rings. The zero-order chi connectivity index (χ0) is 11.3. The van der Waals surface area contributed by atoms with E-state index in [1.54, 1.807) is 0 Å². The van der Waals surface area contributed by atoms with Crippen molar-refractivity contribution in [1.29, 1.82) is 0 Å². The number of aliphatic hydroxyl groups excluding tert-OH is 1. The highest BCUT2D eigenvalue weighted by molar-refractivity contribution is 7.89. The van der Waals surface area contributed by atoms with Gasteiger partial charge in [-0.2, -0.15) is 4.31 Å². The SMILES string of the molecule is COCCS(=O)(=O)N(CCO)C1CCC1. The lowest BCUT2D eigenvalue weighted by Gasteiger charge is -2.36. The van der Waals surface area contributed by atoms with Gasteiger partial charge in [-0.05, 0) is 12.8 Å². The second-order valence-corrected chi connectivity index (χ2v) is 5.77. The van der Waals surface area contributed by atoms with E-state index in [2.05, 4.69) is 0 Å². The highest BCUT2D eigenvalue weighted by Crippen LogP contribution is 2.26. The predicted octanol–water partition coefficient (Wildman–Crippen LogP) is -0.191. The van der Waals surface area contributed by atoms with Gasteiger partial charge in [-0.1, -0.05) is 6.42 Å². The van der Waals surface area contributed by atoms with Crippen LogP contribution in [0.15, 0.2) is 0 Å². The molecule has 1 aliphatic carbocycles. The van der Waals surface area contributed by atoms with Crippen LogP contribution in [0.3, 0.4) is 0 Å². The molecule has 0 bridgehead atoms. The van der Waals surface area contributed by atoms with Crippen LogP contribution in [0.25, 0.3) is 0 Å². The molecule has 1 rings (SSSR count). The van der Waals surface area contributed by atoms with E-state index in [0.717, 1.165) is 19.3 Å². The van der Waals surface area contributed by atoms with Crippen LogP contribution in [0.1, 0.15) is 19.3 Å². The standard InChI is InChI=1S/C9H19NO4S/c1-14-7-8-15(12,13)10(5-6-11)9-3-2-4-9/h9,11H,2-8H2,1H3. The molecule has 0 aromatic heterocycles. The second kappa shape index (κ2) is 5.79. The van der Waals surface area contributed by atoms with E-state index < -0.39 is 10.0 Å². The molecule has 0 atom stereocenters. The van der Waals surface area contributed by atoms with Crippen molar-refractivity contribution in [2.45, 2.75) is 25.3 Å². The average Bonchev–Trinajstić information content (AvgIpc) is 2.11. The van der Waals surface area contributed by atoms with Crippen LogP contribution in [0.5, 0.6) is 0 Å². The van der Waals surface area contributed by atoms with Crippen molar-refractivity contribution in [3.8, 4) is 0 Å². The molecule has 0 spiro atoms. The molecule has 15 heavy (non-hydrogen) atoms. The molecule has 0 unspecified atom stereocenters. The van der Waals surface area contributed by atoms with Crippen molar-refractivity contribution in [2.24, 2.45) is 0 Å². The first-order chi connectivity index (χ1) is 7.11. The fourth-order valence-electron chi connectivity index (χ4n) is 1.63. The van der Waals surface area contributed by atoms with Gasteiger partial charge in [0.15, 0.2) is 0 Å². The molecule has 1 N–H and O–H groups in total. The van der Waals surface area contributed by atoms with Crippen LogP contribution >= 0.6 is 0 Å². The Morgan fingerprint density at radius 3 is 2.53 bits per heavy atom. The lowest BCUT2D eigenvalue weighted by molar-refractivity contribution is 0.174. The Hall–Kier alpha value is -0.170. The van der Waals surface area contributed by atoms with Gasteiger partial charge in [0, 0.05) is 19.7 Å². The van der Waals surface area contributed by atoms with E-state index >= 15 is 0 Å². The Balaban J connectivity index is 2.60. The van der Waals surface area contributed by atoms with Crippen molar-refractivity contribution in [3.63, 3.8) is 0 Å². The van der Waals surface area contributed by atoms with Gasteiger partial charge in [0.2, 0.25) is 10.0 Å². The van der Waals surface area contributed by atoms with E-state index in [9.17, 15) is 8.42 Å². The number of sulfonamides is 1. The first-order valence-electron chi connectivity index (χ1n) is 5.21. The summed E-state index contributed by atoms with van der Waals surface area (Å²) in [4.78, 5) is 0. The first kappa shape index (κ1) is 12.9. The van der Waals surface area contributed by atoms with Crippen molar-refractivity contribution in [2.75, 3.05) is 32.6 Å². The molecule has 6 heteroatoms. The molecule has 1 aliphatic rings. The van der Waals surface area contributed by atoms with Gasteiger partial charge < -0.3 is 9.84 Å². The van der Waals surface area contributed by atoms with Crippen LogP contribution < -0.4 is 0 Å². The van der Waals surface area contributed by atoms with Crippen LogP contribution in [0, 0.1) is 0 Å². The first-order valence-corrected chi connectivity index (χ1v) is 6.82. The lowest BCUT2D eigenvalue weighted by Crippen LogP contribution is -2.46. The van der Waals surface area contributed by atoms with Gasteiger partial charge in [-0.3, -0.25) is 0 Å². The normalized spacial score (nSPS) is 18.1. The number of hydrogen-bond donors (Lipinski definition) is 1. The molecule has 0 amide bonds. The van der Waals surface area contributed by atoms with Crippen LogP contribution in [-0.2, 0) is 14.8 Å². The fourth-order valence-corrected chi connectivity index (χ4v) is 3.26. The highest BCUT2D eigenvalue weighted by Gasteiger charge is 2.32. The number of nitrogens with zero attached hydrogens (tertiary/aromatic N) is 1. The number of ether oxygens (including phenoxy) is 1. The Kier molecular flexibility index (Phi) is 4.98. The summed E-state index contributed by atoms with van der Waals surface area (Å²) in [5, 5.41) is 8.86. The summed E-state index contributed by atoms with van der Waals surface area (Å²) in [6.45, 7) is 0.288.